The molecule has 1 heterocycles. The van der Waals surface area contributed by atoms with E-state index in [-0.39, 0.29) is 5.91 Å². The summed E-state index contributed by atoms with van der Waals surface area (Å²) in [6.07, 6.45) is 6.34. The Hall–Kier alpha value is -1.45. The fourth-order valence-corrected chi connectivity index (χ4v) is 2.29. The first-order valence-corrected chi connectivity index (χ1v) is 6.94. The first-order chi connectivity index (χ1) is 8.67. The van der Waals surface area contributed by atoms with Crippen LogP contribution in [0.5, 0.6) is 0 Å². The third-order valence-corrected chi connectivity index (χ3v) is 3.48. The lowest BCUT2D eigenvalue weighted by molar-refractivity contribution is 0.0730. The molecule has 2 N–H and O–H groups in total. The Morgan fingerprint density at radius 1 is 1.50 bits per heavy atom. The van der Waals surface area contributed by atoms with Gasteiger partial charge in [-0.25, -0.2) is 0 Å². The predicted octanol–water partition coefficient (Wildman–Crippen LogP) is 2.49. The van der Waals surface area contributed by atoms with Gasteiger partial charge in [-0.05, 0) is 32.3 Å². The Morgan fingerprint density at radius 3 is 2.78 bits per heavy atom. The van der Waals surface area contributed by atoms with Crippen molar-refractivity contribution in [3.63, 3.8) is 0 Å². The van der Waals surface area contributed by atoms with Crippen molar-refractivity contribution in [3.8, 4) is 0 Å². The summed E-state index contributed by atoms with van der Waals surface area (Å²) in [4.78, 5) is 14.6. The maximum Gasteiger partial charge on any atom is 0.270 e. The lowest BCUT2D eigenvalue weighted by atomic mass is 10.2. The molecule has 18 heavy (non-hydrogen) atoms. The molecule has 4 nitrogen and oxygen atoms in total. The van der Waals surface area contributed by atoms with Crippen LogP contribution >= 0.6 is 0 Å². The fourth-order valence-electron chi connectivity index (χ4n) is 2.29. The van der Waals surface area contributed by atoms with Gasteiger partial charge in [0.25, 0.3) is 5.91 Å². The average molecular weight is 249 g/mol. The standard InChI is InChI=1S/C14H23N3O/c1-3-5-8-17(12-6-7-12)14(18)13-9-11(15)10-16(13)4-2/h9-10,12H,3-8,15H2,1-2H3. The van der Waals surface area contributed by atoms with Crippen molar-refractivity contribution in [1.82, 2.24) is 9.47 Å². The second-order valence-electron chi connectivity index (χ2n) is 5.03. The summed E-state index contributed by atoms with van der Waals surface area (Å²) >= 11 is 0. The van der Waals surface area contributed by atoms with E-state index < -0.39 is 0 Å². The summed E-state index contributed by atoms with van der Waals surface area (Å²) < 4.78 is 1.94. The van der Waals surface area contributed by atoms with Crippen LogP contribution in [0.1, 0.15) is 50.0 Å². The van der Waals surface area contributed by atoms with Crippen molar-refractivity contribution in [1.29, 1.82) is 0 Å². The number of hydrogen-bond acceptors (Lipinski definition) is 2. The molecule has 0 unspecified atom stereocenters. The van der Waals surface area contributed by atoms with Gasteiger partial charge >= 0.3 is 0 Å². The maximum absolute atomic E-state index is 12.6. The molecule has 1 fully saturated rings. The van der Waals surface area contributed by atoms with Gasteiger partial charge in [-0.15, -0.1) is 0 Å². The van der Waals surface area contributed by atoms with Crippen molar-refractivity contribution in [2.75, 3.05) is 12.3 Å². The number of rotatable bonds is 6. The Bertz CT molecular complexity index is 421. The molecule has 1 aromatic rings. The highest BCUT2D eigenvalue weighted by atomic mass is 16.2. The largest absolute Gasteiger partial charge is 0.397 e. The number of nitrogen functional groups attached to an aromatic ring is 1. The van der Waals surface area contributed by atoms with Gasteiger partial charge in [0.05, 0.1) is 5.69 Å². The summed E-state index contributed by atoms with van der Waals surface area (Å²) in [5, 5.41) is 0. The zero-order valence-corrected chi connectivity index (χ0v) is 11.4. The Morgan fingerprint density at radius 2 is 2.22 bits per heavy atom. The molecule has 0 saturated heterocycles. The van der Waals surface area contributed by atoms with Crippen molar-refractivity contribution in [2.24, 2.45) is 0 Å². The molecule has 1 saturated carbocycles. The molecule has 0 atom stereocenters. The quantitative estimate of drug-likeness (QED) is 0.842. The van der Waals surface area contributed by atoms with E-state index in [2.05, 4.69) is 6.92 Å². The first-order valence-electron chi connectivity index (χ1n) is 6.94. The summed E-state index contributed by atoms with van der Waals surface area (Å²) in [5.41, 5.74) is 7.20. The summed E-state index contributed by atoms with van der Waals surface area (Å²) in [6.45, 7) is 5.84. The lowest BCUT2D eigenvalue weighted by Crippen LogP contribution is -2.35. The molecule has 2 rings (SSSR count). The number of nitrogens with two attached hydrogens (primary N) is 1. The topological polar surface area (TPSA) is 51.3 Å². The molecule has 1 aliphatic carbocycles. The van der Waals surface area contributed by atoms with Crippen LogP contribution in [0, 0.1) is 0 Å². The molecular formula is C14H23N3O. The third-order valence-electron chi connectivity index (χ3n) is 3.48. The number of anilines is 1. The van der Waals surface area contributed by atoms with Crippen molar-refractivity contribution in [3.05, 3.63) is 18.0 Å². The van der Waals surface area contributed by atoms with Crippen molar-refractivity contribution in [2.45, 2.75) is 52.1 Å². The van der Waals surface area contributed by atoms with Gasteiger partial charge in [0.15, 0.2) is 0 Å². The zero-order valence-electron chi connectivity index (χ0n) is 11.4. The van der Waals surface area contributed by atoms with Crippen LogP contribution in [0.25, 0.3) is 0 Å². The predicted molar refractivity (Wildman–Crippen MR) is 73.5 cm³/mol. The minimum absolute atomic E-state index is 0.143. The lowest BCUT2D eigenvalue weighted by Gasteiger charge is -2.22. The van der Waals surface area contributed by atoms with E-state index in [0.29, 0.717) is 11.7 Å². The van der Waals surface area contributed by atoms with Crippen molar-refractivity contribution < 1.29 is 4.79 Å². The molecule has 1 aliphatic rings. The highest BCUT2D eigenvalue weighted by molar-refractivity contribution is 5.94. The summed E-state index contributed by atoms with van der Waals surface area (Å²) in [7, 11) is 0. The van der Waals surface area contributed by atoms with Crippen LogP contribution < -0.4 is 5.73 Å². The van der Waals surface area contributed by atoms with Crippen LogP contribution in [-0.2, 0) is 6.54 Å². The molecule has 0 radical (unpaired) electrons. The summed E-state index contributed by atoms with van der Waals surface area (Å²) in [6, 6.07) is 2.26. The van der Waals surface area contributed by atoms with Gasteiger partial charge in [-0.1, -0.05) is 13.3 Å². The number of unbranched alkanes of at least 4 members (excludes halogenated alkanes) is 1. The molecule has 100 valence electrons. The van der Waals surface area contributed by atoms with Gasteiger partial charge in [0.2, 0.25) is 0 Å². The second-order valence-corrected chi connectivity index (χ2v) is 5.03. The number of aromatic nitrogens is 1. The SMILES string of the molecule is CCCCN(C(=O)c1cc(N)cn1CC)C1CC1. The maximum atomic E-state index is 12.6. The minimum Gasteiger partial charge on any atom is -0.397 e. The highest BCUT2D eigenvalue weighted by Gasteiger charge is 2.33. The van der Waals surface area contributed by atoms with Gasteiger partial charge in [0, 0.05) is 25.3 Å². The van der Waals surface area contributed by atoms with Gasteiger partial charge in [-0.3, -0.25) is 4.79 Å². The monoisotopic (exact) mass is 249 g/mol. The number of carbonyl (C=O) groups excluding carboxylic acids is 1. The number of hydrogen-bond donors (Lipinski definition) is 1. The normalized spacial score (nSPS) is 14.8. The van der Waals surface area contributed by atoms with Crippen molar-refractivity contribution >= 4 is 11.6 Å². The van der Waals surface area contributed by atoms with E-state index in [9.17, 15) is 4.79 Å². The number of carbonyl (C=O) groups is 1. The molecule has 1 aromatic heterocycles. The van der Waals surface area contributed by atoms with Crippen LogP contribution in [0.4, 0.5) is 5.69 Å². The van der Waals surface area contributed by atoms with Gasteiger partial charge in [0.1, 0.15) is 5.69 Å². The fraction of sp³-hybridized carbons (Fsp3) is 0.643. The highest BCUT2D eigenvalue weighted by Crippen LogP contribution is 2.29. The van der Waals surface area contributed by atoms with Gasteiger partial charge < -0.3 is 15.2 Å². The van der Waals surface area contributed by atoms with E-state index >= 15 is 0 Å². The van der Waals surface area contributed by atoms with Gasteiger partial charge in [-0.2, -0.15) is 0 Å². The molecule has 0 bridgehead atoms. The van der Waals surface area contributed by atoms with E-state index in [1.807, 2.05) is 22.6 Å². The summed E-state index contributed by atoms with van der Waals surface area (Å²) in [5.74, 6) is 0.143. The molecule has 0 spiro atoms. The molecular weight excluding hydrogens is 226 g/mol. The Balaban J connectivity index is 2.16. The van der Waals surface area contributed by atoms with Crippen LogP contribution in [0.15, 0.2) is 12.3 Å². The Labute approximate surface area is 109 Å². The van der Waals surface area contributed by atoms with Crippen LogP contribution in [0.3, 0.4) is 0 Å². The van der Waals surface area contributed by atoms with E-state index in [1.54, 1.807) is 6.07 Å². The average Bonchev–Trinajstić information content (AvgIpc) is 3.12. The molecule has 0 aliphatic heterocycles. The van der Waals surface area contributed by atoms with E-state index in [4.69, 9.17) is 5.73 Å². The molecule has 0 aromatic carbocycles. The minimum atomic E-state index is 0.143. The Kier molecular flexibility index (Phi) is 3.94. The number of nitrogens with zero attached hydrogens (tertiary/aromatic N) is 2. The zero-order chi connectivity index (χ0) is 13.1. The van der Waals surface area contributed by atoms with E-state index in [0.717, 1.165) is 44.5 Å². The van der Waals surface area contributed by atoms with Crippen LogP contribution in [-0.4, -0.2) is 28.0 Å². The smallest absolute Gasteiger partial charge is 0.270 e. The van der Waals surface area contributed by atoms with Crippen LogP contribution in [0.2, 0.25) is 0 Å². The first kappa shape index (κ1) is 13.0. The molecule has 1 amide bonds. The number of aryl methyl sites for hydroxylation is 1. The van der Waals surface area contributed by atoms with E-state index in [1.165, 1.54) is 0 Å². The number of amides is 1. The third kappa shape index (κ3) is 2.68. The second kappa shape index (κ2) is 5.46. The molecule has 4 heteroatoms.